The summed E-state index contributed by atoms with van der Waals surface area (Å²) in [7, 11) is 0. The quantitative estimate of drug-likeness (QED) is 0.781. The highest BCUT2D eigenvalue weighted by Gasteiger charge is 2.34. The predicted octanol–water partition coefficient (Wildman–Crippen LogP) is 3.32. The van der Waals surface area contributed by atoms with Crippen LogP contribution in [0.2, 0.25) is 0 Å². The highest BCUT2D eigenvalue weighted by atomic mass is 16.5. The van der Waals surface area contributed by atoms with Gasteiger partial charge in [-0.25, -0.2) is 9.97 Å². The number of rotatable bonds is 6. The molecule has 1 amide bonds. The van der Waals surface area contributed by atoms with Crippen molar-refractivity contribution >= 4 is 5.91 Å². The number of aromatic nitrogens is 2. The molecular weight excluding hydrogens is 328 g/mol. The molecule has 0 bridgehead atoms. The Morgan fingerprint density at radius 3 is 2.77 bits per heavy atom. The number of carbonyl (C=O) groups excluding carboxylic acids is 1. The number of nitriles is 1. The van der Waals surface area contributed by atoms with Crippen LogP contribution in [0.4, 0.5) is 0 Å². The molecule has 1 saturated heterocycles. The molecule has 140 valence electrons. The Balaban J connectivity index is 1.48. The maximum Gasteiger partial charge on any atom is 0.251 e. The number of unbranched alkanes of at least 4 members (excludes halogenated alkanes) is 1. The van der Waals surface area contributed by atoms with Crippen molar-refractivity contribution in [1.82, 2.24) is 14.9 Å². The van der Waals surface area contributed by atoms with Crippen LogP contribution < -0.4 is 4.74 Å². The summed E-state index contributed by atoms with van der Waals surface area (Å²) in [6, 6.07) is 1.99. The first-order valence-electron chi connectivity index (χ1n) is 9.87. The number of hydrogen-bond acceptors (Lipinski definition) is 5. The normalized spacial score (nSPS) is 25.7. The highest BCUT2D eigenvalue weighted by molar-refractivity contribution is 5.79. The first-order chi connectivity index (χ1) is 12.7. The van der Waals surface area contributed by atoms with E-state index >= 15 is 0 Å². The summed E-state index contributed by atoms with van der Waals surface area (Å²) in [5, 5.41) is 9.08. The minimum atomic E-state index is -0.108. The lowest BCUT2D eigenvalue weighted by Crippen LogP contribution is -2.37. The Morgan fingerprint density at radius 2 is 2.04 bits per heavy atom. The third-order valence-electron chi connectivity index (χ3n) is 5.67. The molecule has 1 aliphatic heterocycles. The molecule has 0 radical (unpaired) electrons. The van der Waals surface area contributed by atoms with Gasteiger partial charge >= 0.3 is 0 Å². The van der Waals surface area contributed by atoms with E-state index in [1.165, 1.54) is 44.5 Å². The molecule has 0 spiro atoms. The molecule has 6 heteroatoms. The summed E-state index contributed by atoms with van der Waals surface area (Å²) < 4.78 is 5.84. The Hall–Kier alpha value is -2.16. The lowest BCUT2D eigenvalue weighted by atomic mass is 9.79. The van der Waals surface area contributed by atoms with Crippen molar-refractivity contribution < 1.29 is 9.53 Å². The first-order valence-corrected chi connectivity index (χ1v) is 9.87. The molecule has 1 unspecified atom stereocenters. The van der Waals surface area contributed by atoms with E-state index in [9.17, 15) is 4.79 Å². The number of hydrogen-bond donors (Lipinski definition) is 0. The average molecular weight is 356 g/mol. The number of carbonyl (C=O) groups is 1. The van der Waals surface area contributed by atoms with Gasteiger partial charge in [-0.2, -0.15) is 5.26 Å². The van der Waals surface area contributed by atoms with Crippen LogP contribution in [0.1, 0.15) is 64.0 Å². The third kappa shape index (κ3) is 4.51. The standard InChI is InChI=1S/C20H28N4O2/c1-2-3-4-15-5-7-16(8-6-15)20(25)24-12-9-17(14-24)26-19-18(13-21)22-10-11-23-19/h10-11,15-17H,2-9,12,14H2,1H3. The molecule has 1 aromatic heterocycles. The van der Waals surface area contributed by atoms with Crippen molar-refractivity contribution in [2.45, 2.75) is 64.4 Å². The smallest absolute Gasteiger partial charge is 0.251 e. The lowest BCUT2D eigenvalue weighted by Gasteiger charge is -2.30. The van der Waals surface area contributed by atoms with E-state index < -0.39 is 0 Å². The SMILES string of the molecule is CCCCC1CCC(C(=O)N2CCC(Oc3nccnc3C#N)C2)CC1. The Kier molecular flexibility index (Phi) is 6.43. The molecular formula is C20H28N4O2. The van der Waals surface area contributed by atoms with Crippen molar-refractivity contribution in [3.8, 4) is 11.9 Å². The molecule has 1 aliphatic carbocycles. The van der Waals surface area contributed by atoms with Gasteiger partial charge in [-0.1, -0.05) is 26.2 Å². The van der Waals surface area contributed by atoms with Gasteiger partial charge < -0.3 is 9.64 Å². The van der Waals surface area contributed by atoms with Gasteiger partial charge in [0, 0.05) is 31.3 Å². The summed E-state index contributed by atoms with van der Waals surface area (Å²) in [4.78, 5) is 22.8. The molecule has 2 heterocycles. The van der Waals surface area contributed by atoms with E-state index in [1.807, 2.05) is 11.0 Å². The minimum Gasteiger partial charge on any atom is -0.470 e. The molecule has 6 nitrogen and oxygen atoms in total. The van der Waals surface area contributed by atoms with E-state index in [-0.39, 0.29) is 29.5 Å². The number of likely N-dealkylation sites (tertiary alicyclic amines) is 1. The van der Waals surface area contributed by atoms with E-state index in [0.29, 0.717) is 6.54 Å². The second-order valence-electron chi connectivity index (χ2n) is 7.49. The van der Waals surface area contributed by atoms with Crippen LogP contribution in [0, 0.1) is 23.2 Å². The lowest BCUT2D eigenvalue weighted by molar-refractivity contribution is -0.136. The van der Waals surface area contributed by atoms with Crippen LogP contribution in [0.3, 0.4) is 0 Å². The fourth-order valence-corrected chi connectivity index (χ4v) is 4.12. The van der Waals surface area contributed by atoms with Crippen molar-refractivity contribution in [3.05, 3.63) is 18.1 Å². The van der Waals surface area contributed by atoms with E-state index in [4.69, 9.17) is 10.00 Å². The fourth-order valence-electron chi connectivity index (χ4n) is 4.12. The van der Waals surface area contributed by atoms with Gasteiger partial charge in [-0.05, 0) is 31.6 Å². The molecule has 1 atom stereocenters. The molecule has 3 rings (SSSR count). The van der Waals surface area contributed by atoms with Crippen molar-refractivity contribution in [2.24, 2.45) is 11.8 Å². The van der Waals surface area contributed by atoms with E-state index in [2.05, 4.69) is 16.9 Å². The van der Waals surface area contributed by atoms with Gasteiger partial charge in [0.05, 0.1) is 6.54 Å². The molecule has 2 fully saturated rings. The second-order valence-corrected chi connectivity index (χ2v) is 7.49. The number of nitrogens with zero attached hydrogens (tertiary/aromatic N) is 4. The van der Waals surface area contributed by atoms with E-state index in [0.717, 1.165) is 31.7 Å². The molecule has 0 aromatic carbocycles. The van der Waals surface area contributed by atoms with E-state index in [1.54, 1.807) is 0 Å². The van der Waals surface area contributed by atoms with Crippen molar-refractivity contribution in [3.63, 3.8) is 0 Å². The zero-order valence-corrected chi connectivity index (χ0v) is 15.6. The highest BCUT2D eigenvalue weighted by Crippen LogP contribution is 2.33. The Labute approximate surface area is 155 Å². The monoisotopic (exact) mass is 356 g/mol. The van der Waals surface area contributed by atoms with Crippen LogP contribution >= 0.6 is 0 Å². The predicted molar refractivity (Wildman–Crippen MR) is 97.3 cm³/mol. The summed E-state index contributed by atoms with van der Waals surface area (Å²) in [5.74, 6) is 1.54. The summed E-state index contributed by atoms with van der Waals surface area (Å²) in [6.07, 6.45) is 12.0. The second kappa shape index (κ2) is 8.98. The Bertz CT molecular complexity index is 649. The van der Waals surface area contributed by atoms with Gasteiger partial charge in [-0.3, -0.25) is 4.79 Å². The van der Waals surface area contributed by atoms with Gasteiger partial charge in [-0.15, -0.1) is 0 Å². The van der Waals surface area contributed by atoms with Gasteiger partial charge in [0.15, 0.2) is 0 Å². The number of ether oxygens (including phenoxy) is 1. The van der Waals surface area contributed by atoms with Gasteiger partial charge in [0.2, 0.25) is 11.6 Å². The largest absolute Gasteiger partial charge is 0.470 e. The van der Waals surface area contributed by atoms with Crippen LogP contribution in [-0.2, 0) is 4.79 Å². The van der Waals surface area contributed by atoms with Crippen LogP contribution in [0.15, 0.2) is 12.4 Å². The summed E-state index contributed by atoms with van der Waals surface area (Å²) in [5.41, 5.74) is 0.197. The zero-order chi connectivity index (χ0) is 18.4. The van der Waals surface area contributed by atoms with Crippen molar-refractivity contribution in [1.29, 1.82) is 5.26 Å². The van der Waals surface area contributed by atoms with Gasteiger partial charge in [0.1, 0.15) is 12.2 Å². The molecule has 1 saturated carbocycles. The number of amides is 1. The van der Waals surface area contributed by atoms with Gasteiger partial charge in [0.25, 0.3) is 5.88 Å². The van der Waals surface area contributed by atoms with Crippen LogP contribution in [0.5, 0.6) is 5.88 Å². The molecule has 26 heavy (non-hydrogen) atoms. The fraction of sp³-hybridized carbons (Fsp3) is 0.700. The third-order valence-corrected chi connectivity index (χ3v) is 5.67. The minimum absolute atomic E-state index is 0.108. The Morgan fingerprint density at radius 1 is 1.27 bits per heavy atom. The summed E-state index contributed by atoms with van der Waals surface area (Å²) >= 11 is 0. The average Bonchev–Trinajstić information content (AvgIpc) is 3.15. The first kappa shape index (κ1) is 18.6. The van der Waals surface area contributed by atoms with Crippen LogP contribution in [0.25, 0.3) is 0 Å². The summed E-state index contributed by atoms with van der Waals surface area (Å²) in [6.45, 7) is 3.54. The maximum atomic E-state index is 12.8. The molecule has 0 N–H and O–H groups in total. The van der Waals surface area contributed by atoms with Crippen LogP contribution in [-0.4, -0.2) is 40.0 Å². The molecule has 2 aliphatic rings. The zero-order valence-electron chi connectivity index (χ0n) is 15.6. The molecule has 1 aromatic rings. The van der Waals surface area contributed by atoms with Crippen molar-refractivity contribution in [2.75, 3.05) is 13.1 Å². The maximum absolute atomic E-state index is 12.8. The topological polar surface area (TPSA) is 79.1 Å².